The third kappa shape index (κ3) is 4.35. The molecule has 5 rings (SSSR count). The third-order valence-electron chi connectivity index (χ3n) is 5.88. The second-order valence-corrected chi connectivity index (χ2v) is 11.5. The highest BCUT2D eigenvalue weighted by Crippen LogP contribution is 2.32. The maximum atomic E-state index is 13.5. The van der Waals surface area contributed by atoms with Crippen LogP contribution in [0.25, 0.3) is 22.3 Å². The molecule has 3 heterocycles. The second-order valence-electron chi connectivity index (χ2n) is 8.31. The van der Waals surface area contributed by atoms with Gasteiger partial charge in [0.15, 0.2) is 15.5 Å². The van der Waals surface area contributed by atoms with Crippen molar-refractivity contribution in [3.63, 3.8) is 0 Å². The lowest BCUT2D eigenvalue weighted by atomic mass is 10.0. The number of hydrogen-bond donors (Lipinski definition) is 1. The molecule has 0 spiro atoms. The zero-order valence-electron chi connectivity index (χ0n) is 18.1. The van der Waals surface area contributed by atoms with Crippen LogP contribution in [0.2, 0.25) is 0 Å². The number of nitrogens with zero attached hydrogens (tertiary/aromatic N) is 3. The number of amides is 1. The van der Waals surface area contributed by atoms with E-state index in [4.69, 9.17) is 4.98 Å². The van der Waals surface area contributed by atoms with Crippen LogP contribution in [0.3, 0.4) is 0 Å². The molecule has 0 radical (unpaired) electrons. The van der Waals surface area contributed by atoms with E-state index < -0.39 is 9.84 Å². The highest BCUT2D eigenvalue weighted by molar-refractivity contribution is 9.10. The number of nitrogens with one attached hydrogen (secondary N) is 1. The molecule has 1 amide bonds. The number of hydrogen-bond acceptors (Lipinski definition) is 5. The SMILES string of the molecule is Cc1nn(C2CCS(=O)(=O)C2)c2nc(-c3ccc(F)cc3)cc(C(=O)Nc3ccc(Br)cc3)c12. The fraction of sp³-hybridized carbons (Fsp3) is 0.208. The number of aromatic nitrogens is 3. The topological polar surface area (TPSA) is 93.9 Å². The predicted octanol–water partition coefficient (Wildman–Crippen LogP) is 4.92. The fourth-order valence-corrected chi connectivity index (χ4v) is 6.17. The van der Waals surface area contributed by atoms with E-state index in [9.17, 15) is 17.6 Å². The Kier molecular flexibility index (Phi) is 5.73. The van der Waals surface area contributed by atoms with Gasteiger partial charge in [0.1, 0.15) is 5.82 Å². The Morgan fingerprint density at radius 3 is 2.50 bits per heavy atom. The average molecular weight is 543 g/mol. The monoisotopic (exact) mass is 542 g/mol. The summed E-state index contributed by atoms with van der Waals surface area (Å²) in [7, 11) is -3.15. The highest BCUT2D eigenvalue weighted by atomic mass is 79.9. The Morgan fingerprint density at radius 2 is 1.85 bits per heavy atom. The van der Waals surface area contributed by atoms with Gasteiger partial charge in [0, 0.05) is 15.7 Å². The molecular weight excluding hydrogens is 523 g/mol. The summed E-state index contributed by atoms with van der Waals surface area (Å²) in [5.41, 5.74) is 3.09. The maximum absolute atomic E-state index is 13.5. The first kappa shape index (κ1) is 22.7. The molecule has 1 unspecified atom stereocenters. The number of aryl methyl sites for hydroxylation is 1. The van der Waals surface area contributed by atoms with E-state index in [1.54, 1.807) is 41.9 Å². The summed E-state index contributed by atoms with van der Waals surface area (Å²) in [5, 5.41) is 8.06. The summed E-state index contributed by atoms with van der Waals surface area (Å²) in [6.45, 7) is 1.78. The Hall–Kier alpha value is -3.11. The number of halogens is 2. The van der Waals surface area contributed by atoms with Gasteiger partial charge in [-0.1, -0.05) is 15.9 Å². The Balaban J connectivity index is 1.67. The van der Waals surface area contributed by atoms with Crippen LogP contribution in [0.1, 0.15) is 28.5 Å². The summed E-state index contributed by atoms with van der Waals surface area (Å²) < 4.78 is 40.3. The number of benzene rings is 2. The van der Waals surface area contributed by atoms with Gasteiger partial charge in [0.25, 0.3) is 5.91 Å². The average Bonchev–Trinajstić information content (AvgIpc) is 3.34. The van der Waals surface area contributed by atoms with Gasteiger partial charge in [-0.3, -0.25) is 4.79 Å². The molecule has 1 aliphatic heterocycles. The first-order chi connectivity index (χ1) is 16.2. The molecule has 0 saturated carbocycles. The summed E-state index contributed by atoms with van der Waals surface area (Å²) in [5.74, 6) is -0.659. The van der Waals surface area contributed by atoms with Crippen molar-refractivity contribution in [2.24, 2.45) is 0 Å². The third-order valence-corrected chi connectivity index (χ3v) is 8.16. The molecule has 34 heavy (non-hydrogen) atoms. The standard InChI is InChI=1S/C24H20BrFN4O3S/c1-14-22-20(24(31)27-18-8-4-16(25)5-9-18)12-21(15-2-6-17(26)7-3-15)28-23(22)30(29-14)19-10-11-34(32,33)13-19/h2-9,12,19H,10-11,13H2,1H3,(H,27,31). The van der Waals surface area contributed by atoms with Crippen molar-refractivity contribution in [3.8, 4) is 11.3 Å². The molecule has 174 valence electrons. The van der Waals surface area contributed by atoms with E-state index in [0.717, 1.165) is 4.47 Å². The van der Waals surface area contributed by atoms with Gasteiger partial charge in [-0.25, -0.2) is 22.5 Å². The van der Waals surface area contributed by atoms with Crippen molar-refractivity contribution in [1.82, 2.24) is 14.8 Å². The Morgan fingerprint density at radius 1 is 1.15 bits per heavy atom. The zero-order chi connectivity index (χ0) is 24.0. The minimum atomic E-state index is -3.15. The quantitative estimate of drug-likeness (QED) is 0.395. The van der Waals surface area contributed by atoms with Gasteiger partial charge in [0.05, 0.1) is 39.9 Å². The maximum Gasteiger partial charge on any atom is 0.256 e. The van der Waals surface area contributed by atoms with Gasteiger partial charge in [0.2, 0.25) is 0 Å². The van der Waals surface area contributed by atoms with Crippen molar-refractivity contribution in [1.29, 1.82) is 0 Å². The molecule has 1 saturated heterocycles. The van der Waals surface area contributed by atoms with Crippen molar-refractivity contribution in [2.75, 3.05) is 16.8 Å². The van der Waals surface area contributed by atoms with Crippen LogP contribution in [0.4, 0.5) is 10.1 Å². The summed E-state index contributed by atoms with van der Waals surface area (Å²) >= 11 is 3.38. The van der Waals surface area contributed by atoms with Crippen LogP contribution in [-0.4, -0.2) is 40.6 Å². The predicted molar refractivity (Wildman–Crippen MR) is 132 cm³/mol. The highest BCUT2D eigenvalue weighted by Gasteiger charge is 2.32. The molecular formula is C24H20BrFN4O3S. The minimum Gasteiger partial charge on any atom is -0.322 e. The first-order valence-electron chi connectivity index (χ1n) is 10.6. The molecule has 10 heteroatoms. The molecule has 0 bridgehead atoms. The molecule has 1 atom stereocenters. The Bertz CT molecular complexity index is 1520. The first-order valence-corrected chi connectivity index (χ1v) is 13.2. The molecule has 1 fully saturated rings. The molecule has 1 aliphatic rings. The van der Waals surface area contributed by atoms with Gasteiger partial charge >= 0.3 is 0 Å². The zero-order valence-corrected chi connectivity index (χ0v) is 20.5. The second kappa shape index (κ2) is 8.59. The van der Waals surface area contributed by atoms with E-state index in [1.807, 2.05) is 12.1 Å². The van der Waals surface area contributed by atoms with E-state index in [0.29, 0.717) is 45.7 Å². The van der Waals surface area contributed by atoms with Crippen LogP contribution in [0, 0.1) is 12.7 Å². The van der Waals surface area contributed by atoms with Crippen LogP contribution in [-0.2, 0) is 9.84 Å². The summed E-state index contributed by atoms with van der Waals surface area (Å²) in [4.78, 5) is 18.1. The smallest absolute Gasteiger partial charge is 0.256 e. The lowest BCUT2D eigenvalue weighted by Gasteiger charge is -2.12. The molecule has 1 N–H and O–H groups in total. The summed E-state index contributed by atoms with van der Waals surface area (Å²) in [6.07, 6.45) is 0.432. The Labute approximate surface area is 204 Å². The lowest BCUT2D eigenvalue weighted by Crippen LogP contribution is -2.15. The lowest BCUT2D eigenvalue weighted by molar-refractivity contribution is 0.102. The van der Waals surface area contributed by atoms with E-state index in [1.165, 1.54) is 12.1 Å². The molecule has 0 aliphatic carbocycles. The van der Waals surface area contributed by atoms with Gasteiger partial charge in [-0.15, -0.1) is 0 Å². The van der Waals surface area contributed by atoms with Crippen molar-refractivity contribution < 1.29 is 17.6 Å². The number of carbonyl (C=O) groups excluding carboxylic acids is 1. The number of anilines is 1. The summed E-state index contributed by atoms with van der Waals surface area (Å²) in [6, 6.07) is 14.3. The van der Waals surface area contributed by atoms with E-state index >= 15 is 0 Å². The van der Waals surface area contributed by atoms with Crippen LogP contribution < -0.4 is 5.32 Å². The number of pyridine rings is 1. The van der Waals surface area contributed by atoms with Gasteiger partial charge in [-0.05, 0) is 67.9 Å². The van der Waals surface area contributed by atoms with Gasteiger partial charge in [-0.2, -0.15) is 5.10 Å². The normalized spacial score (nSPS) is 17.2. The van der Waals surface area contributed by atoms with E-state index in [2.05, 4.69) is 26.3 Å². The van der Waals surface area contributed by atoms with E-state index in [-0.39, 0.29) is 29.3 Å². The molecule has 7 nitrogen and oxygen atoms in total. The number of fused-ring (bicyclic) bond motifs is 1. The van der Waals surface area contributed by atoms with Crippen LogP contribution in [0.5, 0.6) is 0 Å². The minimum absolute atomic E-state index is 0.0217. The van der Waals surface area contributed by atoms with Crippen LogP contribution >= 0.6 is 15.9 Å². The van der Waals surface area contributed by atoms with Crippen molar-refractivity contribution in [3.05, 3.63) is 76.1 Å². The fourth-order valence-electron chi connectivity index (χ4n) is 4.22. The van der Waals surface area contributed by atoms with Crippen LogP contribution in [0.15, 0.2) is 59.1 Å². The molecule has 2 aromatic carbocycles. The largest absolute Gasteiger partial charge is 0.322 e. The van der Waals surface area contributed by atoms with Crippen molar-refractivity contribution >= 4 is 48.4 Å². The number of sulfone groups is 1. The van der Waals surface area contributed by atoms with Crippen molar-refractivity contribution in [2.45, 2.75) is 19.4 Å². The molecule has 4 aromatic rings. The number of carbonyl (C=O) groups is 1. The molecule has 2 aromatic heterocycles. The number of rotatable bonds is 4. The van der Waals surface area contributed by atoms with Gasteiger partial charge < -0.3 is 5.32 Å².